The summed E-state index contributed by atoms with van der Waals surface area (Å²) in [5, 5.41) is 3.03. The van der Waals surface area contributed by atoms with Crippen LogP contribution in [0.4, 0.5) is 8.78 Å². The van der Waals surface area contributed by atoms with Crippen molar-refractivity contribution in [1.82, 2.24) is 9.62 Å². The Morgan fingerprint density at radius 3 is 2.30 bits per heavy atom. The molecule has 1 aliphatic rings. The van der Waals surface area contributed by atoms with E-state index < -0.39 is 27.1 Å². The molecule has 9 heteroatoms. The van der Waals surface area contributed by atoms with Crippen LogP contribution in [0.5, 0.6) is 0 Å². The van der Waals surface area contributed by atoms with Crippen LogP contribution in [0.1, 0.15) is 49.0 Å². The topological polar surface area (TPSA) is 66.5 Å². The Labute approximate surface area is 199 Å². The Kier molecular flexibility index (Phi) is 8.53. The summed E-state index contributed by atoms with van der Waals surface area (Å²) in [5.41, 5.74) is 0.765. The maximum Gasteiger partial charge on any atom is 0.288 e. The van der Waals surface area contributed by atoms with Gasteiger partial charge in [0.1, 0.15) is 0 Å². The smallest absolute Gasteiger partial charge is 0.288 e. The molecule has 0 saturated carbocycles. The number of nitrogens with zero attached hydrogens (tertiary/aromatic N) is 1. The van der Waals surface area contributed by atoms with Crippen molar-refractivity contribution in [3.05, 3.63) is 65.7 Å². The molecule has 33 heavy (non-hydrogen) atoms. The zero-order valence-electron chi connectivity index (χ0n) is 18.8. The first-order valence-electron chi connectivity index (χ1n) is 11.1. The fraction of sp³-hybridized carbons (Fsp3) is 0.458. The maximum absolute atomic E-state index is 13.1. The van der Waals surface area contributed by atoms with Crippen molar-refractivity contribution >= 4 is 27.7 Å². The first-order valence-corrected chi connectivity index (χ1v) is 13.6. The number of amides is 1. The summed E-state index contributed by atoms with van der Waals surface area (Å²) in [4.78, 5) is 13.3. The third-order valence-corrected chi connectivity index (χ3v) is 9.21. The molecule has 1 aliphatic heterocycles. The number of sulfonamides is 1. The summed E-state index contributed by atoms with van der Waals surface area (Å²) in [6.45, 7) is 4.49. The number of carbonyl (C=O) groups is 1. The van der Waals surface area contributed by atoms with E-state index in [1.807, 2.05) is 44.2 Å². The first-order chi connectivity index (χ1) is 15.7. The molecule has 0 unspecified atom stereocenters. The van der Waals surface area contributed by atoms with E-state index in [2.05, 4.69) is 5.32 Å². The van der Waals surface area contributed by atoms with Gasteiger partial charge in [-0.1, -0.05) is 61.2 Å². The molecule has 5 nitrogen and oxygen atoms in total. The lowest BCUT2D eigenvalue weighted by atomic mass is 9.68. The Hall–Kier alpha value is -1.97. The molecule has 0 radical (unpaired) electrons. The third kappa shape index (κ3) is 5.94. The minimum absolute atomic E-state index is 0.121. The van der Waals surface area contributed by atoms with Gasteiger partial charge in [0, 0.05) is 29.4 Å². The van der Waals surface area contributed by atoms with Crippen LogP contribution >= 0.6 is 11.8 Å². The quantitative estimate of drug-likeness (QED) is 0.502. The van der Waals surface area contributed by atoms with Gasteiger partial charge >= 0.3 is 0 Å². The number of thioether (sulfide) groups is 1. The predicted octanol–water partition coefficient (Wildman–Crippen LogP) is 4.89. The van der Waals surface area contributed by atoms with Crippen LogP contribution < -0.4 is 5.32 Å². The van der Waals surface area contributed by atoms with Gasteiger partial charge in [-0.15, -0.1) is 0 Å². The second kappa shape index (κ2) is 11.0. The summed E-state index contributed by atoms with van der Waals surface area (Å²) < 4.78 is 52.6. The molecule has 0 bridgehead atoms. The lowest BCUT2D eigenvalue weighted by Gasteiger charge is -2.45. The molecule has 3 rings (SSSR count). The van der Waals surface area contributed by atoms with Crippen molar-refractivity contribution in [2.75, 3.05) is 18.8 Å². The number of alkyl halides is 2. The molecule has 2 aromatic carbocycles. The number of carbonyl (C=O) groups excluding carboxylic acids is 1. The molecule has 0 aliphatic carbocycles. The standard InChI is InChI=1S/C24H30F2N2O3S2/c1-3-17-33(30,31)28-15-13-24(14-16-28,19-9-5-4-6-10-19)18(2)27-22(29)20-11-7-8-12-21(20)32-23(25)26/h4-12,18,23H,3,13-17H2,1-2H3,(H,27,29)/t18-/m0/s1. The van der Waals surface area contributed by atoms with E-state index in [4.69, 9.17) is 0 Å². The zero-order valence-corrected chi connectivity index (χ0v) is 20.5. The van der Waals surface area contributed by atoms with E-state index in [0.29, 0.717) is 44.1 Å². The van der Waals surface area contributed by atoms with Gasteiger partial charge in [0.2, 0.25) is 10.0 Å². The Morgan fingerprint density at radius 2 is 1.70 bits per heavy atom. The average Bonchev–Trinajstić information content (AvgIpc) is 2.79. The average molecular weight is 497 g/mol. The van der Waals surface area contributed by atoms with Crippen LogP contribution in [-0.2, 0) is 15.4 Å². The number of benzene rings is 2. The van der Waals surface area contributed by atoms with Crippen molar-refractivity contribution in [3.63, 3.8) is 0 Å². The molecule has 180 valence electrons. The van der Waals surface area contributed by atoms with Crippen LogP contribution in [-0.4, -0.2) is 49.3 Å². The van der Waals surface area contributed by atoms with Crippen molar-refractivity contribution in [3.8, 4) is 0 Å². The van der Waals surface area contributed by atoms with Crippen LogP contribution in [0.25, 0.3) is 0 Å². The van der Waals surface area contributed by atoms with Gasteiger partial charge < -0.3 is 5.32 Å². The monoisotopic (exact) mass is 496 g/mol. The highest BCUT2D eigenvalue weighted by atomic mass is 32.2. The molecule has 0 aromatic heterocycles. The molecule has 1 heterocycles. The van der Waals surface area contributed by atoms with Crippen molar-refractivity contribution in [2.45, 2.75) is 55.2 Å². The molecule has 1 N–H and O–H groups in total. The third-order valence-electron chi connectivity index (χ3n) is 6.34. The molecule has 1 atom stereocenters. The molecule has 0 spiro atoms. The molecular formula is C24H30F2N2O3S2. The number of rotatable bonds is 9. The largest absolute Gasteiger partial charge is 0.349 e. The summed E-state index contributed by atoms with van der Waals surface area (Å²) >= 11 is 0.352. The molecular weight excluding hydrogens is 466 g/mol. The Morgan fingerprint density at radius 1 is 1.09 bits per heavy atom. The highest BCUT2D eigenvalue weighted by Gasteiger charge is 2.43. The number of nitrogens with one attached hydrogen (secondary N) is 1. The van der Waals surface area contributed by atoms with Gasteiger partial charge in [-0.25, -0.2) is 12.7 Å². The number of hydrogen-bond donors (Lipinski definition) is 1. The molecule has 2 aromatic rings. The van der Waals surface area contributed by atoms with Crippen LogP contribution in [0.15, 0.2) is 59.5 Å². The second-order valence-electron chi connectivity index (χ2n) is 8.31. The first kappa shape index (κ1) is 25.6. The second-order valence-corrected chi connectivity index (χ2v) is 11.4. The van der Waals surface area contributed by atoms with E-state index in [9.17, 15) is 22.0 Å². The molecule has 1 amide bonds. The normalized spacial score (nSPS) is 17.6. The minimum Gasteiger partial charge on any atom is -0.349 e. The van der Waals surface area contributed by atoms with Gasteiger partial charge in [-0.05, 0) is 43.9 Å². The highest BCUT2D eigenvalue weighted by molar-refractivity contribution is 7.99. The fourth-order valence-electron chi connectivity index (χ4n) is 4.56. The summed E-state index contributed by atoms with van der Waals surface area (Å²) in [6, 6.07) is 15.8. The van der Waals surface area contributed by atoms with Crippen molar-refractivity contribution < 1.29 is 22.0 Å². The van der Waals surface area contributed by atoms with Gasteiger partial charge in [0.15, 0.2) is 0 Å². The fourth-order valence-corrected chi connectivity index (χ4v) is 6.71. The van der Waals surface area contributed by atoms with Crippen molar-refractivity contribution in [2.24, 2.45) is 0 Å². The van der Waals surface area contributed by atoms with Gasteiger partial charge in [0.25, 0.3) is 11.7 Å². The molecule has 1 fully saturated rings. The SMILES string of the molecule is CCCS(=O)(=O)N1CCC(c2ccccc2)([C@H](C)NC(=O)c2ccccc2SC(F)F)CC1. The summed E-state index contributed by atoms with van der Waals surface area (Å²) in [6.07, 6.45) is 1.66. The Balaban J connectivity index is 1.86. The summed E-state index contributed by atoms with van der Waals surface area (Å²) in [7, 11) is -3.30. The van der Waals surface area contributed by atoms with Gasteiger partial charge in [-0.2, -0.15) is 8.78 Å². The van der Waals surface area contributed by atoms with E-state index in [-0.39, 0.29) is 22.3 Å². The van der Waals surface area contributed by atoms with Crippen LogP contribution in [0.2, 0.25) is 0 Å². The van der Waals surface area contributed by atoms with Crippen LogP contribution in [0, 0.1) is 0 Å². The minimum atomic E-state index is -3.30. The Bertz CT molecular complexity index is 1040. The van der Waals surface area contributed by atoms with E-state index >= 15 is 0 Å². The number of piperidine rings is 1. The van der Waals surface area contributed by atoms with E-state index in [1.165, 1.54) is 6.07 Å². The maximum atomic E-state index is 13.1. The van der Waals surface area contributed by atoms with E-state index in [1.54, 1.807) is 22.5 Å². The number of hydrogen-bond acceptors (Lipinski definition) is 4. The van der Waals surface area contributed by atoms with E-state index in [0.717, 1.165) is 5.56 Å². The van der Waals surface area contributed by atoms with Crippen LogP contribution in [0.3, 0.4) is 0 Å². The van der Waals surface area contributed by atoms with Gasteiger partial charge in [-0.3, -0.25) is 4.79 Å². The summed E-state index contributed by atoms with van der Waals surface area (Å²) in [5.74, 6) is -2.92. The number of halogens is 2. The van der Waals surface area contributed by atoms with Crippen molar-refractivity contribution in [1.29, 1.82) is 0 Å². The van der Waals surface area contributed by atoms with Gasteiger partial charge in [0.05, 0.1) is 11.3 Å². The lowest BCUT2D eigenvalue weighted by Crippen LogP contribution is -2.55. The predicted molar refractivity (Wildman–Crippen MR) is 128 cm³/mol. The highest BCUT2D eigenvalue weighted by Crippen LogP contribution is 2.40. The lowest BCUT2D eigenvalue weighted by molar-refractivity contribution is 0.0892. The molecule has 1 saturated heterocycles. The zero-order chi connectivity index (χ0) is 24.1.